The Morgan fingerprint density at radius 3 is 2.21 bits per heavy atom. The zero-order chi connectivity index (χ0) is 31.1. The van der Waals surface area contributed by atoms with E-state index in [1.807, 2.05) is 19.9 Å². The first-order valence-electron chi connectivity index (χ1n) is 13.2. The molecule has 0 aliphatic rings. The molecule has 0 aliphatic heterocycles. The smallest absolute Gasteiger partial charge is 0.352 e. The van der Waals surface area contributed by atoms with Crippen LogP contribution in [0.15, 0.2) is 78.9 Å². The van der Waals surface area contributed by atoms with Crippen molar-refractivity contribution in [3.63, 3.8) is 0 Å². The quantitative estimate of drug-likeness (QED) is 0.281. The Labute approximate surface area is 249 Å². The standard InChI is InChI=1S/C30H33ClF3N3O4S/c1-4-21(2)35-29(39)27(17-22-11-6-5-7-12-22)36(19-23-13-8-9-16-26(23)31)28(38)20-37(42(3,40)41)25-15-10-14-24(18-25)30(32,33)34/h5-16,18,21,27H,4,17,19-20H2,1-3H3,(H,35,39). The van der Waals surface area contributed by atoms with Crippen molar-refractivity contribution in [2.24, 2.45) is 0 Å². The van der Waals surface area contributed by atoms with Crippen LogP contribution in [0, 0.1) is 0 Å². The predicted octanol–water partition coefficient (Wildman–Crippen LogP) is 5.68. The van der Waals surface area contributed by atoms with E-state index in [0.29, 0.717) is 27.4 Å². The van der Waals surface area contributed by atoms with Crippen LogP contribution >= 0.6 is 11.6 Å². The van der Waals surface area contributed by atoms with Crippen LogP contribution in [0.2, 0.25) is 5.02 Å². The molecular formula is C30H33ClF3N3O4S. The van der Waals surface area contributed by atoms with E-state index in [1.165, 1.54) is 11.0 Å². The molecule has 0 heterocycles. The van der Waals surface area contributed by atoms with Crippen molar-refractivity contribution >= 4 is 39.1 Å². The number of amides is 2. The molecule has 0 saturated carbocycles. The van der Waals surface area contributed by atoms with Crippen molar-refractivity contribution in [1.82, 2.24) is 10.2 Å². The molecular weight excluding hydrogens is 591 g/mol. The van der Waals surface area contributed by atoms with Gasteiger partial charge in [0.1, 0.15) is 12.6 Å². The van der Waals surface area contributed by atoms with E-state index in [2.05, 4.69) is 5.32 Å². The summed E-state index contributed by atoms with van der Waals surface area (Å²) in [6.45, 7) is 2.72. The second-order valence-electron chi connectivity index (χ2n) is 9.95. The Morgan fingerprint density at radius 1 is 0.976 bits per heavy atom. The van der Waals surface area contributed by atoms with E-state index in [0.717, 1.165) is 24.0 Å². The number of benzene rings is 3. The lowest BCUT2D eigenvalue weighted by atomic mass is 10.0. The summed E-state index contributed by atoms with van der Waals surface area (Å²) in [4.78, 5) is 28.9. The van der Waals surface area contributed by atoms with Gasteiger partial charge in [-0.15, -0.1) is 0 Å². The SMILES string of the molecule is CCC(C)NC(=O)C(Cc1ccccc1)N(Cc1ccccc1Cl)C(=O)CN(c1cccc(C(F)(F)F)c1)S(C)(=O)=O. The minimum atomic E-state index is -4.73. The van der Waals surface area contributed by atoms with Crippen molar-refractivity contribution in [3.05, 3.63) is 101 Å². The molecule has 0 saturated heterocycles. The fourth-order valence-electron chi connectivity index (χ4n) is 4.26. The van der Waals surface area contributed by atoms with E-state index in [-0.39, 0.29) is 24.7 Å². The Hall–Kier alpha value is -3.57. The minimum absolute atomic E-state index is 0.0989. The number of hydrogen-bond acceptors (Lipinski definition) is 4. The molecule has 2 atom stereocenters. The molecule has 1 N–H and O–H groups in total. The lowest BCUT2D eigenvalue weighted by molar-refractivity contribution is -0.140. The lowest BCUT2D eigenvalue weighted by Crippen LogP contribution is -2.54. The summed E-state index contributed by atoms with van der Waals surface area (Å²) < 4.78 is 66.5. The van der Waals surface area contributed by atoms with E-state index in [4.69, 9.17) is 11.6 Å². The molecule has 3 aromatic carbocycles. The van der Waals surface area contributed by atoms with Crippen molar-refractivity contribution in [2.45, 2.75) is 51.5 Å². The van der Waals surface area contributed by atoms with Gasteiger partial charge in [-0.3, -0.25) is 13.9 Å². The first-order chi connectivity index (χ1) is 19.7. The fourth-order valence-corrected chi connectivity index (χ4v) is 5.29. The number of alkyl halides is 3. The first kappa shape index (κ1) is 32.9. The number of halogens is 4. The number of nitrogens with zero attached hydrogens (tertiary/aromatic N) is 2. The molecule has 0 bridgehead atoms. The Bertz CT molecular complexity index is 1490. The molecule has 3 rings (SSSR count). The molecule has 2 amide bonds. The van der Waals surface area contributed by atoms with Gasteiger partial charge in [-0.1, -0.05) is 73.1 Å². The van der Waals surface area contributed by atoms with Gasteiger partial charge < -0.3 is 10.2 Å². The van der Waals surface area contributed by atoms with Gasteiger partial charge in [0.25, 0.3) is 0 Å². The second kappa shape index (κ2) is 14.1. The third-order valence-corrected chi connectivity index (χ3v) is 8.22. The average molecular weight is 624 g/mol. The highest BCUT2D eigenvalue weighted by atomic mass is 35.5. The van der Waals surface area contributed by atoms with Crippen molar-refractivity contribution < 1.29 is 31.2 Å². The van der Waals surface area contributed by atoms with Crippen LogP contribution in [0.25, 0.3) is 0 Å². The van der Waals surface area contributed by atoms with Gasteiger partial charge in [-0.25, -0.2) is 8.42 Å². The molecule has 0 fully saturated rings. The minimum Gasteiger partial charge on any atom is -0.352 e. The summed E-state index contributed by atoms with van der Waals surface area (Å²) in [5, 5.41) is 3.23. The summed E-state index contributed by atoms with van der Waals surface area (Å²) >= 11 is 6.41. The van der Waals surface area contributed by atoms with Gasteiger partial charge in [0.15, 0.2) is 0 Å². The van der Waals surface area contributed by atoms with Crippen LogP contribution in [0.3, 0.4) is 0 Å². The van der Waals surface area contributed by atoms with E-state index < -0.39 is 46.2 Å². The third-order valence-electron chi connectivity index (χ3n) is 6.71. The average Bonchev–Trinajstić information content (AvgIpc) is 2.93. The molecule has 0 spiro atoms. The molecule has 0 aromatic heterocycles. The number of hydrogen-bond donors (Lipinski definition) is 1. The molecule has 3 aromatic rings. The highest BCUT2D eigenvalue weighted by molar-refractivity contribution is 7.92. The molecule has 2 unspecified atom stereocenters. The van der Waals surface area contributed by atoms with Crippen molar-refractivity contribution in [3.8, 4) is 0 Å². The van der Waals surface area contributed by atoms with E-state index in [9.17, 15) is 31.2 Å². The van der Waals surface area contributed by atoms with Crippen LogP contribution < -0.4 is 9.62 Å². The van der Waals surface area contributed by atoms with Gasteiger partial charge in [0.05, 0.1) is 17.5 Å². The maximum absolute atomic E-state index is 14.0. The van der Waals surface area contributed by atoms with Crippen LogP contribution in [-0.4, -0.2) is 50.0 Å². The second-order valence-corrected chi connectivity index (χ2v) is 12.3. The maximum Gasteiger partial charge on any atom is 0.416 e. The van der Waals surface area contributed by atoms with E-state index in [1.54, 1.807) is 48.5 Å². The molecule has 42 heavy (non-hydrogen) atoms. The number of sulfonamides is 1. The molecule has 0 aliphatic carbocycles. The van der Waals surface area contributed by atoms with E-state index >= 15 is 0 Å². The lowest BCUT2D eigenvalue weighted by Gasteiger charge is -2.34. The van der Waals surface area contributed by atoms with Gasteiger partial charge in [0.2, 0.25) is 21.8 Å². The summed E-state index contributed by atoms with van der Waals surface area (Å²) in [5.41, 5.74) is -0.144. The fraction of sp³-hybridized carbons (Fsp3) is 0.333. The van der Waals surface area contributed by atoms with Gasteiger partial charge >= 0.3 is 6.18 Å². The van der Waals surface area contributed by atoms with Crippen LogP contribution in [0.5, 0.6) is 0 Å². The zero-order valence-corrected chi connectivity index (χ0v) is 25.0. The topological polar surface area (TPSA) is 86.8 Å². The summed E-state index contributed by atoms with van der Waals surface area (Å²) in [6, 6.07) is 18.1. The highest BCUT2D eigenvalue weighted by Crippen LogP contribution is 2.32. The molecule has 12 heteroatoms. The van der Waals surface area contributed by atoms with Crippen molar-refractivity contribution in [1.29, 1.82) is 0 Å². The van der Waals surface area contributed by atoms with Gasteiger partial charge in [-0.2, -0.15) is 13.2 Å². The van der Waals surface area contributed by atoms with Gasteiger partial charge in [0, 0.05) is 24.0 Å². The third kappa shape index (κ3) is 8.96. The Morgan fingerprint density at radius 2 is 1.62 bits per heavy atom. The Kier molecular flexibility index (Phi) is 11.0. The number of carbonyl (C=O) groups excluding carboxylic acids is 2. The van der Waals surface area contributed by atoms with Crippen LogP contribution in [0.4, 0.5) is 18.9 Å². The summed E-state index contributed by atoms with van der Waals surface area (Å²) in [6.07, 6.45) is -3.20. The summed E-state index contributed by atoms with van der Waals surface area (Å²) in [7, 11) is -4.23. The van der Waals surface area contributed by atoms with Gasteiger partial charge in [-0.05, 0) is 48.7 Å². The van der Waals surface area contributed by atoms with Crippen LogP contribution in [0.1, 0.15) is 37.0 Å². The van der Waals surface area contributed by atoms with Crippen LogP contribution in [-0.2, 0) is 38.8 Å². The number of anilines is 1. The Balaban J connectivity index is 2.10. The zero-order valence-electron chi connectivity index (χ0n) is 23.4. The molecule has 226 valence electrons. The van der Waals surface area contributed by atoms with Crippen molar-refractivity contribution in [2.75, 3.05) is 17.1 Å². The highest BCUT2D eigenvalue weighted by Gasteiger charge is 2.35. The number of nitrogens with one attached hydrogen (secondary N) is 1. The monoisotopic (exact) mass is 623 g/mol. The number of carbonyl (C=O) groups is 2. The largest absolute Gasteiger partial charge is 0.416 e. The predicted molar refractivity (Wildman–Crippen MR) is 157 cm³/mol. The maximum atomic E-state index is 14.0. The number of rotatable bonds is 12. The molecule has 7 nitrogen and oxygen atoms in total. The normalized spacial score (nSPS) is 13.2. The first-order valence-corrected chi connectivity index (χ1v) is 15.5. The summed E-state index contributed by atoms with van der Waals surface area (Å²) in [5.74, 6) is -1.25. The molecule has 0 radical (unpaired) electrons.